The van der Waals surface area contributed by atoms with Crippen LogP contribution in [0, 0.1) is 0 Å². The maximum Gasteiger partial charge on any atom is 0.257 e. The molecule has 0 spiro atoms. The van der Waals surface area contributed by atoms with Gasteiger partial charge >= 0.3 is 0 Å². The van der Waals surface area contributed by atoms with Crippen LogP contribution in [0.4, 0.5) is 5.95 Å². The molecule has 0 saturated heterocycles. The fourth-order valence-corrected chi connectivity index (χ4v) is 2.64. The molecule has 5 nitrogen and oxygen atoms in total. The van der Waals surface area contributed by atoms with Crippen molar-refractivity contribution in [2.24, 2.45) is 0 Å². The standard InChI is InChI=1S/C21H22N4O/c1-25(16-18-10-6-3-7-11-18)20(26)19-14-23-21(24-15-19)22-13-12-17-8-4-2-5-9-17/h2-11,14-15H,12-13,16H2,1H3,(H,22,23,24). The summed E-state index contributed by atoms with van der Waals surface area (Å²) in [4.78, 5) is 22.6. The number of hydrogen-bond acceptors (Lipinski definition) is 4. The van der Waals surface area contributed by atoms with E-state index in [1.54, 1.807) is 24.3 Å². The van der Waals surface area contributed by atoms with Gasteiger partial charge in [0.1, 0.15) is 0 Å². The number of nitrogens with one attached hydrogen (secondary N) is 1. The molecule has 0 aliphatic carbocycles. The number of benzene rings is 2. The molecule has 3 rings (SSSR count). The van der Waals surface area contributed by atoms with Crippen molar-refractivity contribution in [2.45, 2.75) is 13.0 Å². The van der Waals surface area contributed by atoms with E-state index in [-0.39, 0.29) is 5.91 Å². The number of carbonyl (C=O) groups excluding carboxylic acids is 1. The van der Waals surface area contributed by atoms with Crippen LogP contribution in [-0.4, -0.2) is 34.4 Å². The van der Waals surface area contributed by atoms with E-state index >= 15 is 0 Å². The van der Waals surface area contributed by atoms with Crippen LogP contribution in [0.1, 0.15) is 21.5 Å². The normalized spacial score (nSPS) is 10.3. The molecule has 1 amide bonds. The number of rotatable bonds is 7. The van der Waals surface area contributed by atoms with Gasteiger partial charge in [0.05, 0.1) is 5.56 Å². The molecule has 132 valence electrons. The second-order valence-electron chi connectivity index (χ2n) is 6.10. The molecule has 0 radical (unpaired) electrons. The molecule has 1 aromatic heterocycles. The van der Waals surface area contributed by atoms with Crippen molar-refractivity contribution in [3.8, 4) is 0 Å². The third kappa shape index (κ3) is 4.89. The summed E-state index contributed by atoms with van der Waals surface area (Å²) in [6.07, 6.45) is 4.04. The minimum Gasteiger partial charge on any atom is -0.354 e. The zero-order valence-electron chi connectivity index (χ0n) is 14.8. The fourth-order valence-electron chi connectivity index (χ4n) is 2.64. The van der Waals surface area contributed by atoms with Crippen LogP contribution in [0.25, 0.3) is 0 Å². The van der Waals surface area contributed by atoms with E-state index in [1.165, 1.54) is 5.56 Å². The molecule has 3 aromatic rings. The van der Waals surface area contributed by atoms with E-state index < -0.39 is 0 Å². The Morgan fingerprint density at radius 2 is 1.50 bits per heavy atom. The number of carbonyl (C=O) groups is 1. The minimum absolute atomic E-state index is 0.0929. The Morgan fingerprint density at radius 3 is 2.12 bits per heavy atom. The van der Waals surface area contributed by atoms with Gasteiger partial charge in [0, 0.05) is 32.5 Å². The van der Waals surface area contributed by atoms with Gasteiger partial charge < -0.3 is 10.2 Å². The Kier molecular flexibility index (Phi) is 5.93. The van der Waals surface area contributed by atoms with Gasteiger partial charge in [-0.15, -0.1) is 0 Å². The van der Waals surface area contributed by atoms with Crippen molar-refractivity contribution in [2.75, 3.05) is 18.9 Å². The average Bonchev–Trinajstić information content (AvgIpc) is 2.69. The molecule has 1 heterocycles. The van der Waals surface area contributed by atoms with Crippen LogP contribution in [0.5, 0.6) is 0 Å². The molecule has 0 saturated carbocycles. The van der Waals surface area contributed by atoms with Gasteiger partial charge in [-0.2, -0.15) is 0 Å². The topological polar surface area (TPSA) is 58.1 Å². The maximum absolute atomic E-state index is 12.5. The van der Waals surface area contributed by atoms with Gasteiger partial charge in [-0.25, -0.2) is 9.97 Å². The van der Waals surface area contributed by atoms with Crippen molar-refractivity contribution in [1.82, 2.24) is 14.9 Å². The first-order valence-electron chi connectivity index (χ1n) is 8.61. The lowest BCUT2D eigenvalue weighted by Gasteiger charge is -2.17. The number of aromatic nitrogens is 2. The molecule has 0 bridgehead atoms. The highest BCUT2D eigenvalue weighted by molar-refractivity contribution is 5.93. The first-order valence-corrected chi connectivity index (χ1v) is 8.61. The number of hydrogen-bond donors (Lipinski definition) is 1. The zero-order valence-corrected chi connectivity index (χ0v) is 14.8. The highest BCUT2D eigenvalue weighted by Crippen LogP contribution is 2.08. The first-order chi connectivity index (χ1) is 12.7. The van der Waals surface area contributed by atoms with E-state index in [1.807, 2.05) is 48.5 Å². The molecule has 0 aliphatic rings. The summed E-state index contributed by atoms with van der Waals surface area (Å²) in [7, 11) is 1.78. The summed E-state index contributed by atoms with van der Waals surface area (Å²) >= 11 is 0. The Hall–Kier alpha value is -3.21. The minimum atomic E-state index is -0.0929. The Labute approximate surface area is 153 Å². The quantitative estimate of drug-likeness (QED) is 0.712. The summed E-state index contributed by atoms with van der Waals surface area (Å²) in [6.45, 7) is 1.29. The van der Waals surface area contributed by atoms with Crippen molar-refractivity contribution in [3.05, 3.63) is 89.7 Å². The van der Waals surface area contributed by atoms with Crippen molar-refractivity contribution in [3.63, 3.8) is 0 Å². The second-order valence-corrected chi connectivity index (χ2v) is 6.10. The second kappa shape index (κ2) is 8.76. The predicted octanol–water partition coefficient (Wildman–Crippen LogP) is 3.40. The van der Waals surface area contributed by atoms with Gasteiger partial charge in [0.2, 0.25) is 5.95 Å². The lowest BCUT2D eigenvalue weighted by molar-refractivity contribution is 0.0784. The molecule has 0 unspecified atom stereocenters. The maximum atomic E-state index is 12.5. The van der Waals surface area contributed by atoms with Crippen LogP contribution in [-0.2, 0) is 13.0 Å². The van der Waals surface area contributed by atoms with E-state index in [4.69, 9.17) is 0 Å². The summed E-state index contributed by atoms with van der Waals surface area (Å²) in [5.74, 6) is 0.438. The molecule has 26 heavy (non-hydrogen) atoms. The summed E-state index contributed by atoms with van der Waals surface area (Å²) < 4.78 is 0. The highest BCUT2D eigenvalue weighted by Gasteiger charge is 2.13. The van der Waals surface area contributed by atoms with Gasteiger partial charge in [-0.05, 0) is 17.5 Å². The molecule has 0 fully saturated rings. The number of amides is 1. The van der Waals surface area contributed by atoms with Crippen molar-refractivity contribution in [1.29, 1.82) is 0 Å². The molecule has 5 heteroatoms. The van der Waals surface area contributed by atoms with E-state index in [0.717, 1.165) is 18.5 Å². The molecule has 0 aliphatic heterocycles. The SMILES string of the molecule is CN(Cc1ccccc1)C(=O)c1cnc(NCCc2ccccc2)nc1. The average molecular weight is 346 g/mol. The van der Waals surface area contributed by atoms with E-state index in [2.05, 4.69) is 27.4 Å². The monoisotopic (exact) mass is 346 g/mol. The van der Waals surface area contributed by atoms with Crippen LogP contribution in [0.3, 0.4) is 0 Å². The lowest BCUT2D eigenvalue weighted by atomic mass is 10.1. The van der Waals surface area contributed by atoms with Crippen molar-refractivity contribution >= 4 is 11.9 Å². The number of nitrogens with zero attached hydrogens (tertiary/aromatic N) is 3. The number of anilines is 1. The third-order valence-electron chi connectivity index (χ3n) is 4.05. The molecular formula is C21H22N4O. The summed E-state index contributed by atoms with van der Waals surface area (Å²) in [5.41, 5.74) is 2.83. The molecule has 0 atom stereocenters. The predicted molar refractivity (Wildman–Crippen MR) is 103 cm³/mol. The highest BCUT2D eigenvalue weighted by atomic mass is 16.2. The van der Waals surface area contributed by atoms with Gasteiger partial charge in [-0.1, -0.05) is 60.7 Å². The fraction of sp³-hybridized carbons (Fsp3) is 0.190. The zero-order chi connectivity index (χ0) is 18.2. The van der Waals surface area contributed by atoms with Crippen LogP contribution in [0.15, 0.2) is 73.1 Å². The van der Waals surface area contributed by atoms with Crippen LogP contribution in [0.2, 0.25) is 0 Å². The van der Waals surface area contributed by atoms with Gasteiger partial charge in [0.15, 0.2) is 0 Å². The van der Waals surface area contributed by atoms with Gasteiger partial charge in [0.25, 0.3) is 5.91 Å². The molecule has 2 aromatic carbocycles. The van der Waals surface area contributed by atoms with E-state index in [9.17, 15) is 4.79 Å². The Balaban J connectivity index is 1.52. The Morgan fingerprint density at radius 1 is 0.923 bits per heavy atom. The largest absolute Gasteiger partial charge is 0.354 e. The first kappa shape index (κ1) is 17.6. The third-order valence-corrected chi connectivity index (χ3v) is 4.05. The van der Waals surface area contributed by atoms with Crippen LogP contribution < -0.4 is 5.32 Å². The Bertz CT molecular complexity index is 820. The smallest absolute Gasteiger partial charge is 0.257 e. The van der Waals surface area contributed by atoms with Crippen LogP contribution >= 0.6 is 0 Å². The molecular weight excluding hydrogens is 324 g/mol. The van der Waals surface area contributed by atoms with Crippen molar-refractivity contribution < 1.29 is 4.79 Å². The van der Waals surface area contributed by atoms with Gasteiger partial charge in [-0.3, -0.25) is 4.79 Å². The van der Waals surface area contributed by atoms with E-state index in [0.29, 0.717) is 18.1 Å². The lowest BCUT2D eigenvalue weighted by Crippen LogP contribution is -2.26. The summed E-state index contributed by atoms with van der Waals surface area (Å²) in [6, 6.07) is 20.1. The molecule has 1 N–H and O–H groups in total. The summed E-state index contributed by atoms with van der Waals surface area (Å²) in [5, 5.41) is 3.18.